The predicted octanol–water partition coefficient (Wildman–Crippen LogP) is 1.93. The molecule has 3 rings (SSSR count). The second-order valence-corrected chi connectivity index (χ2v) is 10.5. The smallest absolute Gasteiger partial charge is 0.475 e. The highest BCUT2D eigenvalue weighted by molar-refractivity contribution is 7.89. The van der Waals surface area contributed by atoms with E-state index in [2.05, 4.69) is 15.5 Å². The standard InChI is InChI=1S/C18H26N4O4S.C2HF3O2/c1-14(2)12-27(24,25)22-9-3-6-18(13-22)10-16(21-26-18)17(23)20-11-15-4-7-19-8-5-15;3-2(4,5)1(6)7/h4-5,7-8,14H,3,6,9-13H2,1-2H3,(H,20,23);(H,6,7). The molecule has 1 fully saturated rings. The lowest BCUT2D eigenvalue weighted by Crippen LogP contribution is -2.51. The Labute approximate surface area is 195 Å². The van der Waals surface area contributed by atoms with Crippen LogP contribution in [0.25, 0.3) is 0 Å². The SMILES string of the molecule is CC(C)CS(=O)(=O)N1CCCC2(CC(C(=O)NCc3ccncc3)=NO2)C1.O=C(O)C(F)(F)F. The Balaban J connectivity index is 0.000000509. The van der Waals surface area contributed by atoms with Gasteiger partial charge in [0.1, 0.15) is 5.71 Å². The van der Waals surface area contributed by atoms with E-state index in [9.17, 15) is 26.4 Å². The molecule has 1 atom stereocenters. The van der Waals surface area contributed by atoms with Crippen LogP contribution in [0, 0.1) is 5.92 Å². The minimum absolute atomic E-state index is 0.0585. The number of piperidine rings is 1. The molecular formula is C20H27F3N4O6S. The zero-order valence-corrected chi connectivity index (χ0v) is 19.5. The molecule has 190 valence electrons. The molecule has 0 aromatic carbocycles. The van der Waals surface area contributed by atoms with Crippen molar-refractivity contribution in [1.82, 2.24) is 14.6 Å². The van der Waals surface area contributed by atoms with Gasteiger partial charge in [0, 0.05) is 31.9 Å². The van der Waals surface area contributed by atoms with Gasteiger partial charge in [0.15, 0.2) is 5.60 Å². The highest BCUT2D eigenvalue weighted by Crippen LogP contribution is 2.34. The molecule has 1 aromatic rings. The average Bonchev–Trinajstić information content (AvgIpc) is 3.15. The number of aromatic nitrogens is 1. The van der Waals surface area contributed by atoms with Gasteiger partial charge >= 0.3 is 12.1 Å². The van der Waals surface area contributed by atoms with Crippen LogP contribution >= 0.6 is 0 Å². The van der Waals surface area contributed by atoms with E-state index in [1.54, 1.807) is 12.4 Å². The van der Waals surface area contributed by atoms with Crippen LogP contribution in [0.5, 0.6) is 0 Å². The summed E-state index contributed by atoms with van der Waals surface area (Å²) in [7, 11) is -3.33. The third-order valence-corrected chi connectivity index (χ3v) is 7.17. The Morgan fingerprint density at radius 2 is 1.91 bits per heavy atom. The molecule has 14 heteroatoms. The van der Waals surface area contributed by atoms with E-state index < -0.39 is 27.8 Å². The van der Waals surface area contributed by atoms with E-state index in [0.717, 1.165) is 5.56 Å². The van der Waals surface area contributed by atoms with Crippen LogP contribution in [0.1, 0.15) is 38.7 Å². The van der Waals surface area contributed by atoms with Crippen LogP contribution < -0.4 is 5.32 Å². The molecule has 0 radical (unpaired) electrons. The molecule has 2 aliphatic heterocycles. The van der Waals surface area contributed by atoms with E-state index in [-0.39, 0.29) is 24.1 Å². The van der Waals surface area contributed by atoms with Gasteiger partial charge in [0.05, 0.1) is 12.3 Å². The summed E-state index contributed by atoms with van der Waals surface area (Å²) in [5.41, 5.74) is 0.523. The monoisotopic (exact) mass is 508 g/mol. The van der Waals surface area contributed by atoms with Crippen LogP contribution in [-0.4, -0.2) is 71.0 Å². The minimum atomic E-state index is -5.08. The van der Waals surface area contributed by atoms with Crippen molar-refractivity contribution < 1.29 is 41.1 Å². The Hall–Kier alpha value is -2.74. The number of halogens is 3. The maximum Gasteiger partial charge on any atom is 0.490 e. The number of oxime groups is 1. The normalized spacial score (nSPS) is 20.8. The van der Waals surface area contributed by atoms with Gasteiger partial charge in [0.2, 0.25) is 10.0 Å². The van der Waals surface area contributed by atoms with Gasteiger partial charge in [-0.2, -0.15) is 17.5 Å². The highest BCUT2D eigenvalue weighted by atomic mass is 32.2. The number of carboxylic acid groups (broad SMARTS) is 1. The van der Waals surface area contributed by atoms with Crippen LogP contribution in [0.4, 0.5) is 13.2 Å². The number of amides is 1. The molecule has 1 amide bonds. The molecular weight excluding hydrogens is 481 g/mol. The quantitative estimate of drug-likeness (QED) is 0.599. The largest absolute Gasteiger partial charge is 0.490 e. The third kappa shape index (κ3) is 7.94. The zero-order chi connectivity index (χ0) is 25.6. The molecule has 2 N–H and O–H groups in total. The fourth-order valence-electron chi connectivity index (χ4n) is 3.47. The average molecular weight is 509 g/mol. The molecule has 0 bridgehead atoms. The summed E-state index contributed by atoms with van der Waals surface area (Å²) in [5.74, 6) is -2.87. The molecule has 0 aliphatic carbocycles. The van der Waals surface area contributed by atoms with Gasteiger partial charge in [-0.15, -0.1) is 0 Å². The van der Waals surface area contributed by atoms with E-state index >= 15 is 0 Å². The van der Waals surface area contributed by atoms with Crippen molar-refractivity contribution in [3.05, 3.63) is 30.1 Å². The van der Waals surface area contributed by atoms with Crippen LogP contribution in [0.15, 0.2) is 29.7 Å². The van der Waals surface area contributed by atoms with Crippen molar-refractivity contribution >= 4 is 27.6 Å². The van der Waals surface area contributed by atoms with E-state index in [4.69, 9.17) is 14.7 Å². The molecule has 10 nitrogen and oxygen atoms in total. The number of carbonyl (C=O) groups excluding carboxylic acids is 1. The van der Waals surface area contributed by atoms with Crippen molar-refractivity contribution in [1.29, 1.82) is 0 Å². The van der Waals surface area contributed by atoms with Crippen molar-refractivity contribution in [2.24, 2.45) is 11.1 Å². The molecule has 1 aromatic heterocycles. The van der Waals surface area contributed by atoms with Gasteiger partial charge < -0.3 is 15.3 Å². The number of rotatable bonds is 6. The van der Waals surface area contributed by atoms with Gasteiger partial charge in [-0.05, 0) is 36.5 Å². The first kappa shape index (κ1) is 27.5. The molecule has 1 unspecified atom stereocenters. The summed E-state index contributed by atoms with van der Waals surface area (Å²) in [6, 6.07) is 3.65. The maximum absolute atomic E-state index is 12.6. The lowest BCUT2D eigenvalue weighted by molar-refractivity contribution is -0.192. The van der Waals surface area contributed by atoms with Gasteiger partial charge in [-0.3, -0.25) is 9.78 Å². The number of hydrogen-bond donors (Lipinski definition) is 2. The molecule has 1 spiro atoms. The number of alkyl halides is 3. The topological polar surface area (TPSA) is 138 Å². The summed E-state index contributed by atoms with van der Waals surface area (Å²) >= 11 is 0. The fourth-order valence-corrected chi connectivity index (χ4v) is 5.36. The lowest BCUT2D eigenvalue weighted by atomic mass is 9.89. The summed E-state index contributed by atoms with van der Waals surface area (Å²) in [6.45, 7) is 4.88. The van der Waals surface area contributed by atoms with Crippen molar-refractivity contribution in [2.45, 2.75) is 51.4 Å². The van der Waals surface area contributed by atoms with Gasteiger partial charge in [-0.1, -0.05) is 19.0 Å². The number of carbonyl (C=O) groups is 2. The maximum atomic E-state index is 12.6. The first-order valence-electron chi connectivity index (χ1n) is 10.4. The Kier molecular flexibility index (Phi) is 9.00. The van der Waals surface area contributed by atoms with E-state index in [0.29, 0.717) is 38.1 Å². The third-order valence-electron chi connectivity index (χ3n) is 4.99. The first-order chi connectivity index (χ1) is 15.7. The van der Waals surface area contributed by atoms with E-state index in [1.165, 1.54) is 4.31 Å². The molecule has 34 heavy (non-hydrogen) atoms. The van der Waals surface area contributed by atoms with Gasteiger partial charge in [-0.25, -0.2) is 13.2 Å². The minimum Gasteiger partial charge on any atom is -0.475 e. The zero-order valence-electron chi connectivity index (χ0n) is 18.7. The van der Waals surface area contributed by atoms with Crippen molar-refractivity contribution in [2.75, 3.05) is 18.8 Å². The number of sulfonamides is 1. The summed E-state index contributed by atoms with van der Waals surface area (Å²) in [5, 5.41) is 13.9. The second kappa shape index (κ2) is 11.1. The summed E-state index contributed by atoms with van der Waals surface area (Å²) < 4.78 is 58.3. The summed E-state index contributed by atoms with van der Waals surface area (Å²) in [4.78, 5) is 30.8. The number of carboxylic acids is 1. The van der Waals surface area contributed by atoms with Crippen molar-refractivity contribution in [3.8, 4) is 0 Å². The van der Waals surface area contributed by atoms with Crippen LogP contribution in [0.2, 0.25) is 0 Å². The lowest BCUT2D eigenvalue weighted by Gasteiger charge is -2.37. The Bertz CT molecular complexity index is 1000. The number of nitrogens with one attached hydrogen (secondary N) is 1. The Morgan fingerprint density at radius 1 is 1.29 bits per heavy atom. The second-order valence-electron chi connectivity index (χ2n) is 8.44. The fraction of sp³-hybridized carbons (Fsp3) is 0.600. The Morgan fingerprint density at radius 3 is 2.47 bits per heavy atom. The molecule has 0 saturated carbocycles. The van der Waals surface area contributed by atoms with Crippen LogP contribution in [0.3, 0.4) is 0 Å². The number of pyridine rings is 1. The predicted molar refractivity (Wildman–Crippen MR) is 115 cm³/mol. The molecule has 1 saturated heterocycles. The van der Waals surface area contributed by atoms with Gasteiger partial charge in [0.25, 0.3) is 5.91 Å². The van der Waals surface area contributed by atoms with Crippen molar-refractivity contribution in [3.63, 3.8) is 0 Å². The molecule has 3 heterocycles. The van der Waals surface area contributed by atoms with E-state index in [1.807, 2.05) is 26.0 Å². The highest BCUT2D eigenvalue weighted by Gasteiger charge is 2.47. The number of hydrogen-bond acceptors (Lipinski definition) is 7. The number of nitrogens with zero attached hydrogens (tertiary/aromatic N) is 3. The summed E-state index contributed by atoms with van der Waals surface area (Å²) in [6.07, 6.45) is -0.0469. The van der Waals surface area contributed by atoms with Crippen LogP contribution in [-0.2, 0) is 31.0 Å². The first-order valence-corrected chi connectivity index (χ1v) is 12.0. The molecule has 2 aliphatic rings. The number of aliphatic carboxylic acids is 1.